The van der Waals surface area contributed by atoms with Gasteiger partial charge in [0.1, 0.15) is 12.4 Å². The molecule has 0 N–H and O–H groups in total. The van der Waals surface area contributed by atoms with E-state index >= 15 is 0 Å². The van der Waals surface area contributed by atoms with Gasteiger partial charge in [-0.25, -0.2) is 0 Å². The smallest absolute Gasteiger partial charge is 0 e. The van der Waals surface area contributed by atoms with Crippen LogP contribution < -0.4 is 4.74 Å². The average molecular weight is 557 g/mol. The molecule has 0 saturated heterocycles. The molecule has 7 nitrogen and oxygen atoms in total. The molecule has 0 unspecified atom stereocenters. The first-order chi connectivity index (χ1) is 16.5. The molecule has 1 aromatic rings. The number of benzene rings is 1. The minimum atomic E-state index is -1.75. The van der Waals surface area contributed by atoms with E-state index in [0.717, 1.165) is 11.3 Å². The van der Waals surface area contributed by atoms with Crippen LogP contribution in [0.1, 0.15) is 33.3 Å². The zero-order chi connectivity index (χ0) is 27.9. The third kappa shape index (κ3) is 20.0. The molecule has 0 bridgehead atoms. The fourth-order valence-corrected chi connectivity index (χ4v) is 3.59. The van der Waals surface area contributed by atoms with Gasteiger partial charge in [-0.05, 0) is 48.8 Å². The molecule has 0 aliphatic heterocycles. The van der Waals surface area contributed by atoms with Gasteiger partial charge in [-0.1, -0.05) is 63.3 Å². The fraction of sp³-hybridized carbons (Fsp3) is 0.407. The normalized spacial score (nSPS) is 11.6. The Balaban J connectivity index is -0.000000677. The Morgan fingerprint density at radius 1 is 0.972 bits per heavy atom. The van der Waals surface area contributed by atoms with Crippen molar-refractivity contribution in [3.63, 3.8) is 0 Å². The van der Waals surface area contributed by atoms with Gasteiger partial charge in [-0.3, -0.25) is 4.79 Å². The molecule has 9 heteroatoms. The molecular weight excluding hydrogens is 520 g/mol. The number of hydrogen-bond acceptors (Lipinski definition) is 4. The van der Waals surface area contributed by atoms with E-state index in [1.54, 1.807) is 13.2 Å². The summed E-state index contributed by atoms with van der Waals surface area (Å²) in [5, 5.41) is 0.198. The fourth-order valence-electron chi connectivity index (χ4n) is 2.23. The number of allylic oxidation sites excluding steroid dienone is 4. The summed E-state index contributed by atoms with van der Waals surface area (Å²) >= 11 is 0. The predicted molar refractivity (Wildman–Crippen MR) is 135 cm³/mol. The average Bonchev–Trinajstić information content (AvgIpc) is 2.84. The Labute approximate surface area is 227 Å². The molecular formula is C27H36FeO7Si. The molecule has 0 fully saturated rings. The van der Waals surface area contributed by atoms with Crippen molar-refractivity contribution in [2.45, 2.75) is 58.5 Å². The Kier molecular flexibility index (Phi) is 27.8. The summed E-state index contributed by atoms with van der Waals surface area (Å²) in [5.41, 5.74) is 1.00. The van der Waals surface area contributed by atoms with Crippen molar-refractivity contribution in [2.75, 3.05) is 13.7 Å². The second kappa shape index (κ2) is 24.5. The maximum absolute atomic E-state index is 11.8. The summed E-state index contributed by atoms with van der Waals surface area (Å²) in [5.74, 6) is 0.733. The number of ether oxygens (including phenoxy) is 2. The first kappa shape index (κ1) is 40.9. The third-order valence-corrected chi connectivity index (χ3v) is 9.53. The molecule has 0 saturated carbocycles. The van der Waals surface area contributed by atoms with Crippen molar-refractivity contribution in [3.05, 3.63) is 86.2 Å². The Hall–Kier alpha value is -2.21. The second-order valence-electron chi connectivity index (χ2n) is 8.52. The van der Waals surface area contributed by atoms with E-state index < -0.39 is 8.32 Å². The van der Waals surface area contributed by atoms with Crippen LogP contribution in [0.5, 0.6) is 5.75 Å². The van der Waals surface area contributed by atoms with Crippen LogP contribution >= 0.6 is 0 Å². The van der Waals surface area contributed by atoms with E-state index in [2.05, 4.69) is 60.7 Å². The minimum absolute atomic E-state index is 0. The molecule has 0 spiro atoms. The molecule has 0 aromatic heterocycles. The van der Waals surface area contributed by atoms with Gasteiger partial charge in [0.2, 0.25) is 0 Å². The van der Waals surface area contributed by atoms with Crippen LogP contribution in [-0.2, 0) is 51.6 Å². The van der Waals surface area contributed by atoms with Crippen LogP contribution in [0.3, 0.4) is 0 Å². The minimum Gasteiger partial charge on any atom is 0 e. The number of carbonyl (C=O) groups is 1. The van der Waals surface area contributed by atoms with Crippen molar-refractivity contribution >= 4 is 14.1 Å². The first-order valence-corrected chi connectivity index (χ1v) is 13.5. The predicted octanol–water partition coefficient (Wildman–Crippen LogP) is 5.74. The van der Waals surface area contributed by atoms with E-state index in [9.17, 15) is 4.79 Å². The number of methoxy groups -OCH3 is 1. The van der Waals surface area contributed by atoms with E-state index in [-0.39, 0.29) is 40.6 Å². The number of rotatable bonds is 11. The van der Waals surface area contributed by atoms with Crippen molar-refractivity contribution in [1.82, 2.24) is 0 Å². The summed E-state index contributed by atoms with van der Waals surface area (Å²) in [7, 11) is -0.125. The van der Waals surface area contributed by atoms with Crippen LogP contribution in [0.15, 0.2) is 60.7 Å². The van der Waals surface area contributed by atoms with Gasteiger partial charge in [-0.15, -0.1) is 0 Å². The molecule has 1 atom stereocenters. The Morgan fingerprint density at radius 2 is 1.47 bits per heavy atom. The largest absolute Gasteiger partial charge is 0 e. The van der Waals surface area contributed by atoms with E-state index in [1.165, 1.54) is 6.08 Å². The molecule has 0 amide bonds. The first-order valence-electron chi connectivity index (χ1n) is 10.6. The van der Waals surface area contributed by atoms with E-state index in [1.807, 2.05) is 48.6 Å². The van der Waals surface area contributed by atoms with Gasteiger partial charge in [0.05, 0.1) is 19.8 Å². The zero-order valence-electron chi connectivity index (χ0n) is 22.0. The molecule has 0 radical (unpaired) electrons. The van der Waals surface area contributed by atoms with Crippen LogP contribution in [0.4, 0.5) is 0 Å². The molecule has 0 heterocycles. The van der Waals surface area contributed by atoms with Crippen LogP contribution in [-0.4, -0.2) is 33.9 Å². The maximum atomic E-state index is 11.8. The number of carbonyl (C=O) groups excluding carboxylic acids is 1. The maximum Gasteiger partial charge on any atom is 0 e. The summed E-state index contributed by atoms with van der Waals surface area (Å²) in [6.45, 7) is 27.2. The quantitative estimate of drug-likeness (QED) is 0.114. The zero-order valence-corrected chi connectivity index (χ0v) is 24.1. The summed E-state index contributed by atoms with van der Waals surface area (Å²) < 4.78 is 39.3. The second-order valence-corrected chi connectivity index (χ2v) is 13.3. The van der Waals surface area contributed by atoms with Gasteiger partial charge >= 0.3 is 33.9 Å². The monoisotopic (exact) mass is 556 g/mol. The standard InChI is InChI=1S/C24H36O4Si.3CO.Fe/c1-20(28-29(6,7)24(2,3)4)12-10-8-9-11-13-22(25)19-27-18-21-14-16-23(26-5)17-15-21;3*1-2;/h8-17,20H,18-19H2,1-7H3;;;;/b9-8+,12-10+,13-11+;;;;/t20-;;;;/m1..../s1. The SMILES string of the molecule is COc1ccc(COCC(=O)/C=C/C=C/C=C/[C@@H](C)O[Si](C)(C)C(C)(C)C)cc1.[C-]#[O+].[C-]#[O+].[C-]#[O+].[Fe]. The van der Waals surface area contributed by atoms with Crippen LogP contribution in [0.2, 0.25) is 18.1 Å². The molecule has 198 valence electrons. The topological polar surface area (TPSA) is 104 Å². The number of ketones is 1. The van der Waals surface area contributed by atoms with Gasteiger partial charge in [0.25, 0.3) is 0 Å². The molecule has 36 heavy (non-hydrogen) atoms. The third-order valence-electron chi connectivity index (χ3n) is 4.96. The molecule has 1 aromatic carbocycles. The van der Waals surface area contributed by atoms with Crippen molar-refractivity contribution in [2.24, 2.45) is 0 Å². The Bertz CT molecular complexity index is 831. The molecule has 0 aliphatic carbocycles. The van der Waals surface area contributed by atoms with Gasteiger partial charge < -0.3 is 13.9 Å². The van der Waals surface area contributed by atoms with Gasteiger partial charge in [-0.2, -0.15) is 0 Å². The van der Waals surface area contributed by atoms with Crippen molar-refractivity contribution < 1.29 is 49.7 Å². The Morgan fingerprint density at radius 3 is 1.94 bits per heavy atom. The van der Waals surface area contributed by atoms with Crippen LogP contribution in [0, 0.1) is 20.0 Å². The summed E-state index contributed by atoms with van der Waals surface area (Å²) in [4.78, 5) is 11.8. The summed E-state index contributed by atoms with van der Waals surface area (Å²) in [6, 6.07) is 7.59. The van der Waals surface area contributed by atoms with Gasteiger partial charge in [0, 0.05) is 17.1 Å². The van der Waals surface area contributed by atoms with E-state index in [0.29, 0.717) is 6.61 Å². The van der Waals surface area contributed by atoms with Crippen molar-refractivity contribution in [3.8, 4) is 5.75 Å². The van der Waals surface area contributed by atoms with Crippen molar-refractivity contribution in [1.29, 1.82) is 0 Å². The number of hydrogen-bond donors (Lipinski definition) is 0. The van der Waals surface area contributed by atoms with Gasteiger partial charge in [0.15, 0.2) is 14.1 Å². The van der Waals surface area contributed by atoms with E-state index in [4.69, 9.17) is 27.9 Å². The molecule has 1 rings (SSSR count). The molecule has 0 aliphatic rings. The van der Waals surface area contributed by atoms with Crippen LogP contribution in [0.25, 0.3) is 0 Å². The summed E-state index contributed by atoms with van der Waals surface area (Å²) in [6.07, 6.45) is 11.0.